The highest BCUT2D eigenvalue weighted by Gasteiger charge is 2.33. The number of rotatable bonds is 6. The summed E-state index contributed by atoms with van der Waals surface area (Å²) in [6.07, 6.45) is 15.6. The van der Waals surface area contributed by atoms with Gasteiger partial charge in [-0.15, -0.1) is 0 Å². The van der Waals surface area contributed by atoms with Crippen molar-refractivity contribution < 1.29 is 4.79 Å². The minimum Gasteiger partial charge on any atom is -0.343 e. The predicted octanol–water partition coefficient (Wildman–Crippen LogP) is 3.20. The first-order valence-corrected chi connectivity index (χ1v) is 12.5. The average Bonchev–Trinajstić information content (AvgIpc) is 3.16. The fourth-order valence-electron chi connectivity index (χ4n) is 5.88. The zero-order valence-corrected chi connectivity index (χ0v) is 19.9. The van der Waals surface area contributed by atoms with E-state index >= 15 is 0 Å². The molecule has 2 aliphatic heterocycles. The Labute approximate surface area is 197 Å². The quantitative estimate of drug-likeness (QED) is 0.502. The molecule has 7 heteroatoms. The van der Waals surface area contributed by atoms with Crippen LogP contribution < -0.4 is 0 Å². The third kappa shape index (κ3) is 4.49. The Morgan fingerprint density at radius 3 is 2.88 bits per heavy atom. The van der Waals surface area contributed by atoms with Crippen LogP contribution in [0.1, 0.15) is 61.2 Å². The van der Waals surface area contributed by atoms with Gasteiger partial charge >= 0.3 is 0 Å². The molecule has 0 radical (unpaired) electrons. The maximum Gasteiger partial charge on any atom is 0.209 e. The lowest BCUT2D eigenvalue weighted by atomic mass is 9.91. The first-order chi connectivity index (χ1) is 16.2. The van der Waals surface area contributed by atoms with E-state index in [-0.39, 0.29) is 6.17 Å². The van der Waals surface area contributed by atoms with E-state index in [9.17, 15) is 4.79 Å². The van der Waals surface area contributed by atoms with Crippen LogP contribution in [-0.4, -0.2) is 68.9 Å². The van der Waals surface area contributed by atoms with Gasteiger partial charge in [0.15, 0.2) is 0 Å². The van der Waals surface area contributed by atoms with Gasteiger partial charge in [0.2, 0.25) is 6.41 Å². The summed E-state index contributed by atoms with van der Waals surface area (Å²) < 4.78 is 2.43. The molecule has 1 fully saturated rings. The summed E-state index contributed by atoms with van der Waals surface area (Å²) >= 11 is 0. The molecule has 3 unspecified atom stereocenters. The van der Waals surface area contributed by atoms with Crippen LogP contribution in [0.15, 0.2) is 36.7 Å². The van der Waals surface area contributed by atoms with Crippen LogP contribution in [0.2, 0.25) is 0 Å². The van der Waals surface area contributed by atoms with Crippen molar-refractivity contribution in [2.24, 2.45) is 5.92 Å². The minimum atomic E-state index is 0.265. The largest absolute Gasteiger partial charge is 0.343 e. The summed E-state index contributed by atoms with van der Waals surface area (Å²) in [6.45, 7) is 6.51. The van der Waals surface area contributed by atoms with Gasteiger partial charge in [-0.1, -0.05) is 25.1 Å². The van der Waals surface area contributed by atoms with Gasteiger partial charge in [-0.3, -0.25) is 19.6 Å². The molecule has 176 valence electrons. The van der Waals surface area contributed by atoms with Crippen LogP contribution in [0.4, 0.5) is 0 Å². The lowest BCUT2D eigenvalue weighted by molar-refractivity contribution is -0.120. The molecule has 0 aromatic carbocycles. The zero-order chi connectivity index (χ0) is 22.8. The molecule has 3 aliphatic rings. The number of piperazine rings is 1. The van der Waals surface area contributed by atoms with Crippen LogP contribution in [0.3, 0.4) is 0 Å². The van der Waals surface area contributed by atoms with Gasteiger partial charge in [0.1, 0.15) is 5.82 Å². The number of imidazole rings is 1. The van der Waals surface area contributed by atoms with Crippen LogP contribution in [0, 0.1) is 5.92 Å². The van der Waals surface area contributed by atoms with E-state index in [1.807, 2.05) is 11.1 Å². The van der Waals surface area contributed by atoms with E-state index in [0.29, 0.717) is 12.0 Å². The number of fused-ring (bicyclic) bond motifs is 2. The number of pyridine rings is 1. The Kier molecular flexibility index (Phi) is 6.60. The van der Waals surface area contributed by atoms with E-state index in [2.05, 4.69) is 58.8 Å². The van der Waals surface area contributed by atoms with E-state index in [4.69, 9.17) is 9.97 Å². The summed E-state index contributed by atoms with van der Waals surface area (Å²) in [5.74, 6) is 1.60. The maximum atomic E-state index is 11.2. The van der Waals surface area contributed by atoms with Gasteiger partial charge in [0, 0.05) is 57.5 Å². The van der Waals surface area contributed by atoms with E-state index in [0.717, 1.165) is 76.3 Å². The molecule has 1 amide bonds. The van der Waals surface area contributed by atoms with Crippen molar-refractivity contribution in [1.29, 1.82) is 0 Å². The molecule has 0 bridgehead atoms. The molecule has 0 saturated carbocycles. The third-order valence-electron chi connectivity index (χ3n) is 7.66. The summed E-state index contributed by atoms with van der Waals surface area (Å²) in [4.78, 5) is 27.9. The Hall–Kier alpha value is -2.51. The topological polar surface area (TPSA) is 57.5 Å². The number of aromatic nitrogens is 3. The summed E-state index contributed by atoms with van der Waals surface area (Å²) in [5.41, 5.74) is 3.77. The molecule has 0 N–H and O–H groups in total. The van der Waals surface area contributed by atoms with Crippen molar-refractivity contribution >= 4 is 6.41 Å². The molecular weight excluding hydrogens is 412 g/mol. The predicted molar refractivity (Wildman–Crippen MR) is 128 cm³/mol. The third-order valence-corrected chi connectivity index (χ3v) is 7.66. The zero-order valence-electron chi connectivity index (χ0n) is 19.9. The van der Waals surface area contributed by atoms with Crippen molar-refractivity contribution in [3.8, 4) is 0 Å². The molecule has 3 atom stereocenters. The lowest BCUT2D eigenvalue weighted by Gasteiger charge is -2.41. The molecule has 33 heavy (non-hydrogen) atoms. The molecule has 7 nitrogen and oxygen atoms in total. The first kappa shape index (κ1) is 22.3. The van der Waals surface area contributed by atoms with Crippen LogP contribution in [-0.2, 0) is 24.2 Å². The number of amides is 1. The van der Waals surface area contributed by atoms with Gasteiger partial charge in [-0.05, 0) is 44.4 Å². The monoisotopic (exact) mass is 448 g/mol. The van der Waals surface area contributed by atoms with Crippen molar-refractivity contribution in [3.63, 3.8) is 0 Å². The van der Waals surface area contributed by atoms with E-state index < -0.39 is 0 Å². The second kappa shape index (κ2) is 9.77. The summed E-state index contributed by atoms with van der Waals surface area (Å²) in [7, 11) is 2.21. The van der Waals surface area contributed by atoms with Gasteiger partial charge < -0.3 is 9.47 Å². The highest BCUT2D eigenvalue weighted by Crippen LogP contribution is 2.34. The summed E-state index contributed by atoms with van der Waals surface area (Å²) in [6, 6.07) is 4.64. The fourth-order valence-corrected chi connectivity index (χ4v) is 5.88. The standard InChI is InChI=1S/C26H36N6O/c1-3-20-7-5-11-24-28-22(18-32(24)26(20)31-15-13-30(19-33)14-16-31)17-29(2)23-10-4-8-21-9-6-12-27-25(21)23/h5-7,9,12,18-20,23,26H,3-4,8,10-11,13-17H2,1-2H3. The van der Waals surface area contributed by atoms with E-state index in [1.165, 1.54) is 17.7 Å². The summed E-state index contributed by atoms with van der Waals surface area (Å²) in [5, 5.41) is 0. The Bertz CT molecular complexity index is 992. The Balaban J connectivity index is 1.38. The Morgan fingerprint density at radius 1 is 1.24 bits per heavy atom. The molecule has 1 saturated heterocycles. The van der Waals surface area contributed by atoms with Crippen molar-refractivity contribution in [2.45, 2.75) is 57.8 Å². The first-order valence-electron chi connectivity index (χ1n) is 12.5. The van der Waals surface area contributed by atoms with Crippen LogP contribution in [0.25, 0.3) is 0 Å². The number of carbonyl (C=O) groups is 1. The number of aryl methyl sites for hydroxylation is 1. The fraction of sp³-hybridized carbons (Fsp3) is 0.577. The van der Waals surface area contributed by atoms with Gasteiger partial charge in [-0.25, -0.2) is 4.98 Å². The lowest BCUT2D eigenvalue weighted by Crippen LogP contribution is -2.49. The average molecular weight is 449 g/mol. The number of hydrogen-bond acceptors (Lipinski definition) is 5. The molecule has 2 aromatic rings. The number of carbonyl (C=O) groups excluding carboxylic acids is 1. The van der Waals surface area contributed by atoms with Gasteiger partial charge in [0.05, 0.1) is 23.6 Å². The normalized spacial score (nSPS) is 25.5. The smallest absolute Gasteiger partial charge is 0.209 e. The Morgan fingerprint density at radius 2 is 2.09 bits per heavy atom. The number of nitrogens with zero attached hydrogens (tertiary/aromatic N) is 6. The highest BCUT2D eigenvalue weighted by atomic mass is 16.1. The number of allylic oxidation sites excluding steroid dienone is 1. The van der Waals surface area contributed by atoms with Crippen LogP contribution >= 0.6 is 0 Å². The van der Waals surface area contributed by atoms with E-state index in [1.54, 1.807) is 0 Å². The second-order valence-corrected chi connectivity index (χ2v) is 9.72. The molecular formula is C26H36N6O. The highest BCUT2D eigenvalue weighted by molar-refractivity contribution is 5.47. The second-order valence-electron chi connectivity index (χ2n) is 9.72. The minimum absolute atomic E-state index is 0.265. The SMILES string of the molecule is CCC1C=CCc2nc(CN(C)C3CCCc4cccnc43)cn2C1N1CCN(C=O)CC1. The van der Waals surface area contributed by atoms with Crippen molar-refractivity contribution in [1.82, 2.24) is 29.2 Å². The molecule has 2 aromatic heterocycles. The molecule has 1 aliphatic carbocycles. The van der Waals surface area contributed by atoms with Crippen molar-refractivity contribution in [3.05, 3.63) is 59.5 Å². The van der Waals surface area contributed by atoms with Crippen molar-refractivity contribution in [2.75, 3.05) is 33.2 Å². The van der Waals surface area contributed by atoms with Gasteiger partial charge in [-0.2, -0.15) is 0 Å². The van der Waals surface area contributed by atoms with Crippen LogP contribution in [0.5, 0.6) is 0 Å². The van der Waals surface area contributed by atoms with Gasteiger partial charge in [0.25, 0.3) is 0 Å². The molecule has 5 rings (SSSR count). The molecule has 4 heterocycles. The number of hydrogen-bond donors (Lipinski definition) is 0. The maximum absolute atomic E-state index is 11.2. The molecule has 0 spiro atoms.